The van der Waals surface area contributed by atoms with Crippen LogP contribution in [0, 0.1) is 5.41 Å². The summed E-state index contributed by atoms with van der Waals surface area (Å²) in [5.41, 5.74) is 0.640. The molecule has 0 radical (unpaired) electrons. The van der Waals surface area contributed by atoms with Crippen molar-refractivity contribution in [3.8, 4) is 0 Å². The average molecular weight is 345 g/mol. The van der Waals surface area contributed by atoms with Crippen molar-refractivity contribution in [2.45, 2.75) is 56.5 Å². The number of rotatable bonds is 8. The van der Waals surface area contributed by atoms with E-state index in [4.69, 9.17) is 0 Å². The average Bonchev–Trinajstić information content (AvgIpc) is 2.81. The Hall–Kier alpha value is 0.620. The van der Waals surface area contributed by atoms with E-state index in [-0.39, 0.29) is 0 Å². The highest BCUT2D eigenvalue weighted by Crippen LogP contribution is 2.56. The van der Waals surface area contributed by atoms with Gasteiger partial charge in [-0.05, 0) is 82.8 Å². The van der Waals surface area contributed by atoms with E-state index in [1.807, 2.05) is 0 Å². The molecule has 2 rings (SSSR count). The Morgan fingerprint density at radius 3 is 2.41 bits per heavy atom. The summed E-state index contributed by atoms with van der Waals surface area (Å²) in [6, 6.07) is 0. The molecule has 0 aromatic heterocycles. The first-order chi connectivity index (χ1) is 10.5. The molecule has 2 fully saturated rings. The maximum absolute atomic E-state index is 2.76. The quantitative estimate of drug-likeness (QED) is 0.602. The molecule has 2 nitrogen and oxygen atoms in total. The molecule has 1 heterocycles. The van der Waals surface area contributed by atoms with Crippen LogP contribution in [0.1, 0.15) is 52.4 Å². The van der Waals surface area contributed by atoms with Crippen molar-refractivity contribution >= 4 is 23.5 Å². The molecule has 0 bridgehead atoms. The van der Waals surface area contributed by atoms with Gasteiger partial charge in [-0.15, -0.1) is 23.5 Å². The van der Waals surface area contributed by atoms with Gasteiger partial charge in [0.25, 0.3) is 0 Å². The molecule has 0 aromatic rings. The smallest absolute Gasteiger partial charge is 0.0616 e. The second-order valence-corrected chi connectivity index (χ2v) is 11.0. The Labute approximate surface area is 147 Å². The molecule has 130 valence electrons. The van der Waals surface area contributed by atoms with Crippen LogP contribution in [0.5, 0.6) is 0 Å². The normalized spacial score (nSPS) is 28.8. The number of hydrogen-bond donors (Lipinski definition) is 0. The predicted molar refractivity (Wildman–Crippen MR) is 104 cm³/mol. The first-order valence-electron chi connectivity index (χ1n) is 9.18. The van der Waals surface area contributed by atoms with E-state index in [1.165, 1.54) is 76.2 Å². The van der Waals surface area contributed by atoms with Crippen molar-refractivity contribution in [2.75, 3.05) is 51.8 Å². The summed E-state index contributed by atoms with van der Waals surface area (Å²) in [7, 11) is 4.37. The van der Waals surface area contributed by atoms with Crippen molar-refractivity contribution in [3.05, 3.63) is 0 Å². The predicted octanol–water partition coefficient (Wildman–Crippen LogP) is 4.41. The summed E-state index contributed by atoms with van der Waals surface area (Å²) in [6.07, 6.45) is 8.60. The van der Waals surface area contributed by atoms with E-state index in [0.29, 0.717) is 9.49 Å². The Balaban J connectivity index is 1.90. The van der Waals surface area contributed by atoms with Gasteiger partial charge in [-0.3, -0.25) is 0 Å². The van der Waals surface area contributed by atoms with Gasteiger partial charge in [-0.1, -0.05) is 20.3 Å². The summed E-state index contributed by atoms with van der Waals surface area (Å²) in [5, 5.41) is 0. The molecule has 1 spiro atoms. The highest BCUT2D eigenvalue weighted by atomic mass is 32.2. The topological polar surface area (TPSA) is 6.48 Å². The maximum atomic E-state index is 2.76. The summed E-state index contributed by atoms with van der Waals surface area (Å²) < 4.78 is 0.529. The van der Waals surface area contributed by atoms with Gasteiger partial charge in [0, 0.05) is 6.54 Å². The Kier molecular flexibility index (Phi) is 7.44. The van der Waals surface area contributed by atoms with Crippen molar-refractivity contribution in [1.82, 2.24) is 9.80 Å². The van der Waals surface area contributed by atoms with Gasteiger partial charge in [0.05, 0.1) is 4.08 Å². The Morgan fingerprint density at radius 1 is 1.05 bits per heavy atom. The lowest BCUT2D eigenvalue weighted by atomic mass is 9.73. The van der Waals surface area contributed by atoms with Crippen LogP contribution in [0.2, 0.25) is 0 Å². The van der Waals surface area contributed by atoms with E-state index < -0.39 is 0 Å². The van der Waals surface area contributed by atoms with Crippen LogP contribution in [-0.2, 0) is 0 Å². The third-order valence-electron chi connectivity index (χ3n) is 5.32. The third kappa shape index (κ3) is 5.06. The third-order valence-corrected chi connectivity index (χ3v) is 8.35. The van der Waals surface area contributed by atoms with Gasteiger partial charge in [0.2, 0.25) is 0 Å². The molecule has 22 heavy (non-hydrogen) atoms. The molecular weight excluding hydrogens is 308 g/mol. The molecule has 4 heteroatoms. The van der Waals surface area contributed by atoms with E-state index >= 15 is 0 Å². The second-order valence-electron chi connectivity index (χ2n) is 7.49. The summed E-state index contributed by atoms with van der Waals surface area (Å²) in [6.45, 7) is 9.92. The number of hydrogen-bond acceptors (Lipinski definition) is 4. The van der Waals surface area contributed by atoms with E-state index in [1.54, 1.807) is 0 Å². The number of nitrogens with zero attached hydrogens (tertiary/aromatic N) is 2. The minimum Gasteiger partial charge on any atom is -0.309 e. The van der Waals surface area contributed by atoms with Gasteiger partial charge in [-0.2, -0.15) is 0 Å². The highest BCUT2D eigenvalue weighted by molar-refractivity contribution is 8.18. The zero-order valence-corrected chi connectivity index (χ0v) is 16.8. The van der Waals surface area contributed by atoms with Crippen LogP contribution in [0.3, 0.4) is 0 Å². The van der Waals surface area contributed by atoms with Gasteiger partial charge in [-0.25, -0.2) is 0 Å². The maximum Gasteiger partial charge on any atom is 0.0616 e. The summed E-state index contributed by atoms with van der Waals surface area (Å²) in [4.78, 5) is 5.07. The van der Waals surface area contributed by atoms with Crippen molar-refractivity contribution in [1.29, 1.82) is 0 Å². The van der Waals surface area contributed by atoms with Crippen molar-refractivity contribution < 1.29 is 0 Å². The van der Waals surface area contributed by atoms with Gasteiger partial charge in [0.15, 0.2) is 0 Å². The highest BCUT2D eigenvalue weighted by Gasteiger charge is 2.47. The lowest BCUT2D eigenvalue weighted by Crippen LogP contribution is -2.39. The van der Waals surface area contributed by atoms with Crippen molar-refractivity contribution in [2.24, 2.45) is 5.41 Å². The van der Waals surface area contributed by atoms with Gasteiger partial charge in [0.1, 0.15) is 0 Å². The number of likely N-dealkylation sites (tertiary alicyclic amines) is 1. The van der Waals surface area contributed by atoms with E-state index in [9.17, 15) is 0 Å². The molecule has 1 saturated carbocycles. The summed E-state index contributed by atoms with van der Waals surface area (Å²) in [5.74, 6) is 2.55. The van der Waals surface area contributed by atoms with Gasteiger partial charge >= 0.3 is 0 Å². The first kappa shape index (κ1) is 19.0. The standard InChI is InChI=1S/C18H36N2S2/c1-5-21-18(22-6-2)10-7-9-17(15-18)11-14-20(16-17)13-8-12-19(3)4/h5-16H2,1-4H3. The van der Waals surface area contributed by atoms with Crippen LogP contribution in [0.4, 0.5) is 0 Å². The zero-order valence-electron chi connectivity index (χ0n) is 15.2. The lowest BCUT2D eigenvalue weighted by molar-refractivity contribution is 0.180. The molecule has 1 aliphatic heterocycles. The van der Waals surface area contributed by atoms with Crippen LogP contribution >= 0.6 is 23.5 Å². The molecule has 1 unspecified atom stereocenters. The van der Waals surface area contributed by atoms with E-state index in [2.05, 4.69) is 61.3 Å². The molecule has 1 aliphatic carbocycles. The monoisotopic (exact) mass is 344 g/mol. The van der Waals surface area contributed by atoms with Crippen LogP contribution < -0.4 is 0 Å². The minimum atomic E-state index is 0.529. The van der Waals surface area contributed by atoms with Crippen LogP contribution in [-0.4, -0.2) is 65.7 Å². The number of thioether (sulfide) groups is 2. The largest absolute Gasteiger partial charge is 0.309 e. The zero-order chi connectivity index (χ0) is 16.1. The molecule has 0 aromatic carbocycles. The van der Waals surface area contributed by atoms with Crippen LogP contribution in [0.15, 0.2) is 0 Å². The molecule has 2 aliphatic rings. The Morgan fingerprint density at radius 2 is 1.77 bits per heavy atom. The first-order valence-corrected chi connectivity index (χ1v) is 11.2. The molecule has 0 amide bonds. The molecule has 1 atom stereocenters. The fourth-order valence-corrected chi connectivity index (χ4v) is 7.96. The Bertz CT molecular complexity index is 324. The fourth-order valence-electron chi connectivity index (χ4n) is 4.47. The molecular formula is C18H36N2S2. The van der Waals surface area contributed by atoms with E-state index in [0.717, 1.165) is 0 Å². The second kappa shape index (κ2) is 8.64. The molecule has 1 saturated heterocycles. The SMILES string of the molecule is CCSC1(SCC)CCCC2(CCN(CCCN(C)C)C2)C1. The lowest BCUT2D eigenvalue weighted by Gasteiger charge is -2.46. The minimum absolute atomic E-state index is 0.529. The fraction of sp³-hybridized carbons (Fsp3) is 1.00. The van der Waals surface area contributed by atoms with Crippen LogP contribution in [0.25, 0.3) is 0 Å². The summed E-state index contributed by atoms with van der Waals surface area (Å²) >= 11 is 4.49. The van der Waals surface area contributed by atoms with Crippen molar-refractivity contribution in [3.63, 3.8) is 0 Å². The van der Waals surface area contributed by atoms with Gasteiger partial charge < -0.3 is 9.80 Å². The molecule has 0 N–H and O–H groups in total.